The first-order valence-corrected chi connectivity index (χ1v) is 4.95. The van der Waals surface area contributed by atoms with Crippen LogP contribution >= 0.6 is 12.2 Å². The van der Waals surface area contributed by atoms with E-state index in [-0.39, 0.29) is 16.2 Å². The van der Waals surface area contributed by atoms with E-state index in [1.165, 1.54) is 10.6 Å². The lowest BCUT2D eigenvalue weighted by Gasteiger charge is -2.05. The summed E-state index contributed by atoms with van der Waals surface area (Å²) in [5.74, 6) is -0.170. The number of aromatic hydroxyl groups is 1. The SMILES string of the molecule is Cn1c(O)c(C=C2C=CC=N2)c(=O)[nH]c1=S. The molecule has 0 fully saturated rings. The van der Waals surface area contributed by atoms with Crippen molar-refractivity contribution in [3.05, 3.63) is 38.5 Å². The first kappa shape index (κ1) is 10.6. The zero-order valence-corrected chi connectivity index (χ0v) is 9.28. The van der Waals surface area contributed by atoms with E-state index in [0.29, 0.717) is 5.70 Å². The minimum Gasteiger partial charge on any atom is -0.494 e. The van der Waals surface area contributed by atoms with Gasteiger partial charge in [0.15, 0.2) is 4.77 Å². The first-order chi connectivity index (χ1) is 7.59. The Morgan fingerprint density at radius 3 is 3.00 bits per heavy atom. The van der Waals surface area contributed by atoms with E-state index >= 15 is 0 Å². The lowest BCUT2D eigenvalue weighted by Crippen LogP contribution is -2.15. The summed E-state index contributed by atoms with van der Waals surface area (Å²) in [6.45, 7) is 0. The van der Waals surface area contributed by atoms with Crippen LogP contribution in [0.15, 0.2) is 27.6 Å². The van der Waals surface area contributed by atoms with Crippen LogP contribution in [-0.2, 0) is 7.05 Å². The third kappa shape index (κ3) is 1.74. The summed E-state index contributed by atoms with van der Waals surface area (Å²) in [5, 5.41) is 9.78. The number of aliphatic imine (C=N–C) groups is 1. The number of hydrogen-bond acceptors (Lipinski definition) is 4. The average Bonchev–Trinajstić information content (AvgIpc) is 2.74. The van der Waals surface area contributed by atoms with Crippen LogP contribution < -0.4 is 5.56 Å². The normalized spacial score (nSPS) is 16.2. The second-order valence-corrected chi connectivity index (χ2v) is 3.65. The van der Waals surface area contributed by atoms with Crippen molar-refractivity contribution in [2.45, 2.75) is 0 Å². The number of nitrogens with one attached hydrogen (secondary N) is 1. The molecule has 16 heavy (non-hydrogen) atoms. The van der Waals surface area contributed by atoms with E-state index in [9.17, 15) is 9.90 Å². The molecule has 2 N–H and O–H groups in total. The number of nitrogens with zero attached hydrogens (tertiary/aromatic N) is 2. The molecule has 0 amide bonds. The maximum Gasteiger partial charge on any atom is 0.262 e. The van der Waals surface area contributed by atoms with Gasteiger partial charge in [-0.1, -0.05) is 0 Å². The van der Waals surface area contributed by atoms with Crippen LogP contribution in [-0.4, -0.2) is 20.9 Å². The summed E-state index contributed by atoms with van der Waals surface area (Å²) in [6, 6.07) is 0. The molecule has 2 rings (SSSR count). The zero-order chi connectivity index (χ0) is 11.7. The summed E-state index contributed by atoms with van der Waals surface area (Å²) in [4.78, 5) is 18.0. The lowest BCUT2D eigenvalue weighted by molar-refractivity contribution is 0.419. The molecule has 0 aliphatic carbocycles. The van der Waals surface area contributed by atoms with E-state index < -0.39 is 5.56 Å². The maximum atomic E-state index is 11.6. The summed E-state index contributed by atoms with van der Waals surface area (Å²) in [7, 11) is 1.57. The van der Waals surface area contributed by atoms with Crippen molar-refractivity contribution < 1.29 is 5.11 Å². The van der Waals surface area contributed by atoms with Gasteiger partial charge in [-0.25, -0.2) is 0 Å². The van der Waals surface area contributed by atoms with Gasteiger partial charge in [-0.2, -0.15) is 0 Å². The van der Waals surface area contributed by atoms with Gasteiger partial charge < -0.3 is 5.11 Å². The minimum atomic E-state index is -0.427. The quantitative estimate of drug-likeness (QED) is 0.717. The molecule has 0 aromatic carbocycles. The van der Waals surface area contributed by atoms with Crippen molar-refractivity contribution in [2.24, 2.45) is 12.0 Å². The molecular formula is C10H9N3O2S. The predicted molar refractivity (Wildman–Crippen MR) is 64.1 cm³/mol. The fraction of sp³-hybridized carbons (Fsp3) is 0.100. The van der Waals surface area contributed by atoms with Crippen LogP contribution in [0.3, 0.4) is 0 Å². The molecule has 1 aliphatic heterocycles. The van der Waals surface area contributed by atoms with Crippen LogP contribution in [0.4, 0.5) is 0 Å². The molecule has 1 aromatic rings. The molecule has 6 heteroatoms. The number of allylic oxidation sites excluding steroid dienone is 2. The lowest BCUT2D eigenvalue weighted by atomic mass is 10.2. The Morgan fingerprint density at radius 2 is 2.38 bits per heavy atom. The number of aromatic amines is 1. The van der Waals surface area contributed by atoms with E-state index in [2.05, 4.69) is 9.98 Å². The Hall–Kier alpha value is -1.95. The van der Waals surface area contributed by atoms with Crippen molar-refractivity contribution in [3.63, 3.8) is 0 Å². The molecule has 2 heterocycles. The molecular weight excluding hydrogens is 226 g/mol. The highest BCUT2D eigenvalue weighted by Gasteiger charge is 2.08. The van der Waals surface area contributed by atoms with Gasteiger partial charge in [0.25, 0.3) is 5.56 Å². The van der Waals surface area contributed by atoms with Crippen molar-refractivity contribution in [1.82, 2.24) is 9.55 Å². The van der Waals surface area contributed by atoms with Crippen LogP contribution in [0.25, 0.3) is 6.08 Å². The number of rotatable bonds is 1. The summed E-state index contributed by atoms with van der Waals surface area (Å²) in [6.07, 6.45) is 6.60. The second kappa shape index (κ2) is 3.90. The van der Waals surface area contributed by atoms with Gasteiger partial charge in [0, 0.05) is 13.3 Å². The van der Waals surface area contributed by atoms with Crippen LogP contribution in [0, 0.1) is 4.77 Å². The van der Waals surface area contributed by atoms with Gasteiger partial charge in [-0.15, -0.1) is 0 Å². The fourth-order valence-corrected chi connectivity index (χ4v) is 1.48. The van der Waals surface area contributed by atoms with Crippen molar-refractivity contribution in [2.75, 3.05) is 0 Å². The highest BCUT2D eigenvalue weighted by atomic mass is 32.1. The van der Waals surface area contributed by atoms with Gasteiger partial charge in [0.1, 0.15) is 5.56 Å². The molecule has 5 nitrogen and oxygen atoms in total. The van der Waals surface area contributed by atoms with E-state index in [4.69, 9.17) is 12.2 Å². The van der Waals surface area contributed by atoms with Gasteiger partial charge >= 0.3 is 0 Å². The summed E-state index contributed by atoms with van der Waals surface area (Å²) < 4.78 is 1.50. The molecule has 1 aliphatic rings. The average molecular weight is 235 g/mol. The Kier molecular flexibility index (Phi) is 2.57. The van der Waals surface area contributed by atoms with Crippen LogP contribution in [0.2, 0.25) is 0 Å². The van der Waals surface area contributed by atoms with Gasteiger partial charge in [-0.05, 0) is 30.4 Å². The summed E-state index contributed by atoms with van der Waals surface area (Å²) >= 11 is 4.85. The smallest absolute Gasteiger partial charge is 0.262 e. The van der Waals surface area contributed by atoms with Crippen molar-refractivity contribution in [3.8, 4) is 5.88 Å². The summed E-state index contributed by atoms with van der Waals surface area (Å²) in [5.41, 5.74) is 0.330. The molecule has 0 radical (unpaired) electrons. The Morgan fingerprint density at radius 1 is 1.62 bits per heavy atom. The Labute approximate surface area is 96.1 Å². The predicted octanol–water partition coefficient (Wildman–Crippen LogP) is 1.13. The topological polar surface area (TPSA) is 70.4 Å². The van der Waals surface area contributed by atoms with E-state index in [1.807, 2.05) is 0 Å². The highest BCUT2D eigenvalue weighted by Crippen LogP contribution is 2.16. The van der Waals surface area contributed by atoms with Gasteiger partial charge in [-0.3, -0.25) is 19.3 Å². The molecule has 0 saturated heterocycles. The fourth-order valence-electron chi connectivity index (χ4n) is 1.30. The Bertz CT molecular complexity index is 620. The second-order valence-electron chi connectivity index (χ2n) is 3.26. The zero-order valence-electron chi connectivity index (χ0n) is 8.47. The van der Waals surface area contributed by atoms with E-state index in [0.717, 1.165) is 0 Å². The van der Waals surface area contributed by atoms with Crippen LogP contribution in [0.1, 0.15) is 5.56 Å². The highest BCUT2D eigenvalue weighted by molar-refractivity contribution is 7.71. The number of aromatic nitrogens is 2. The minimum absolute atomic E-state index is 0.148. The molecule has 0 spiro atoms. The third-order valence-corrected chi connectivity index (χ3v) is 2.57. The molecule has 0 atom stereocenters. The number of hydrogen-bond donors (Lipinski definition) is 2. The largest absolute Gasteiger partial charge is 0.494 e. The Balaban J connectivity index is 2.66. The monoisotopic (exact) mass is 235 g/mol. The molecule has 1 aromatic heterocycles. The van der Waals surface area contributed by atoms with Crippen molar-refractivity contribution >= 4 is 24.5 Å². The molecule has 0 unspecified atom stereocenters. The van der Waals surface area contributed by atoms with Gasteiger partial charge in [0.05, 0.1) is 5.70 Å². The van der Waals surface area contributed by atoms with E-state index in [1.54, 1.807) is 25.4 Å². The third-order valence-electron chi connectivity index (χ3n) is 2.20. The standard InChI is InChI=1S/C10H9N3O2S/c1-13-9(15)7(8(14)12-10(13)16)5-6-3-2-4-11-6/h2-5,15H,1H3,(H,12,14,16). The van der Waals surface area contributed by atoms with Gasteiger partial charge in [0.2, 0.25) is 5.88 Å². The molecule has 82 valence electrons. The maximum absolute atomic E-state index is 11.6. The molecule has 0 saturated carbocycles. The first-order valence-electron chi connectivity index (χ1n) is 4.54. The molecule has 0 bridgehead atoms. The number of H-pyrrole nitrogens is 1. The van der Waals surface area contributed by atoms with Crippen LogP contribution in [0.5, 0.6) is 5.88 Å². The van der Waals surface area contributed by atoms with Crippen molar-refractivity contribution in [1.29, 1.82) is 0 Å².